The summed E-state index contributed by atoms with van der Waals surface area (Å²) in [7, 11) is 2.90. The number of nitrogens with one attached hydrogen (secondary N) is 2. The summed E-state index contributed by atoms with van der Waals surface area (Å²) in [5, 5.41) is 14.4. The lowest BCUT2D eigenvalue weighted by atomic mass is 10.2. The number of amides is 2. The van der Waals surface area contributed by atoms with E-state index in [9.17, 15) is 14.7 Å². The van der Waals surface area contributed by atoms with Gasteiger partial charge in [-0.2, -0.15) is 0 Å². The van der Waals surface area contributed by atoms with Crippen molar-refractivity contribution in [3.63, 3.8) is 0 Å². The second-order valence-corrected chi connectivity index (χ2v) is 10.1. The van der Waals surface area contributed by atoms with Crippen LogP contribution in [0.5, 0.6) is 0 Å². The molecule has 0 spiro atoms. The predicted octanol–water partition coefficient (Wildman–Crippen LogP) is 3.67. The van der Waals surface area contributed by atoms with Gasteiger partial charge in [0.25, 0.3) is 0 Å². The Balaban J connectivity index is 4.00. The molecule has 0 aromatic rings. The summed E-state index contributed by atoms with van der Waals surface area (Å²) < 4.78 is 10.3. The Morgan fingerprint density at radius 3 is 2.04 bits per heavy atom. The van der Waals surface area contributed by atoms with Crippen LogP contribution in [0, 0.1) is 0 Å². The van der Waals surface area contributed by atoms with Gasteiger partial charge < -0.3 is 25.2 Å². The van der Waals surface area contributed by atoms with Crippen LogP contribution in [-0.2, 0) is 9.47 Å². The minimum atomic E-state index is -0.679. The highest BCUT2D eigenvalue weighted by Gasteiger charge is 2.22. The fraction of sp³-hybridized carbons (Fsp3) is 0.800. The van der Waals surface area contributed by atoms with Crippen molar-refractivity contribution in [1.82, 2.24) is 10.6 Å². The van der Waals surface area contributed by atoms with E-state index in [4.69, 9.17) is 21.7 Å². The fourth-order valence-electron chi connectivity index (χ4n) is 1.31. The van der Waals surface area contributed by atoms with Gasteiger partial charge in [0.2, 0.25) is 0 Å². The Kier molecular flexibility index (Phi) is 10.6. The SMILES string of the molecule is CC(C)(C)OC(=O)NCCSSCC(NC(=O)OC(C)(C)C)C(O)=S. The van der Waals surface area contributed by atoms with Crippen molar-refractivity contribution in [1.29, 1.82) is 0 Å². The summed E-state index contributed by atoms with van der Waals surface area (Å²) in [6.07, 6.45) is -1.09. The molecule has 7 nitrogen and oxygen atoms in total. The van der Waals surface area contributed by atoms with Crippen LogP contribution in [0.15, 0.2) is 0 Å². The molecule has 0 aliphatic heterocycles. The van der Waals surface area contributed by atoms with E-state index in [-0.39, 0.29) is 5.05 Å². The van der Waals surface area contributed by atoms with E-state index in [0.29, 0.717) is 18.1 Å². The molecule has 10 heteroatoms. The Labute approximate surface area is 162 Å². The van der Waals surface area contributed by atoms with Crippen molar-refractivity contribution in [2.45, 2.75) is 58.8 Å². The summed E-state index contributed by atoms with van der Waals surface area (Å²) in [5.74, 6) is 1.02. The van der Waals surface area contributed by atoms with Crippen LogP contribution in [0.2, 0.25) is 0 Å². The van der Waals surface area contributed by atoms with Crippen LogP contribution in [-0.4, -0.2) is 57.6 Å². The molecule has 0 bridgehead atoms. The van der Waals surface area contributed by atoms with Gasteiger partial charge in [0.15, 0.2) is 5.05 Å². The molecule has 0 saturated carbocycles. The summed E-state index contributed by atoms with van der Waals surface area (Å²) in [4.78, 5) is 23.2. The van der Waals surface area contributed by atoms with Crippen LogP contribution >= 0.6 is 33.8 Å². The van der Waals surface area contributed by atoms with Crippen LogP contribution < -0.4 is 10.6 Å². The average Bonchev–Trinajstić information content (AvgIpc) is 2.36. The van der Waals surface area contributed by atoms with Crippen LogP contribution in [0.4, 0.5) is 9.59 Å². The summed E-state index contributed by atoms with van der Waals surface area (Å²) in [5.41, 5.74) is -1.15. The molecule has 0 aromatic heterocycles. The van der Waals surface area contributed by atoms with Gasteiger partial charge in [-0.05, 0) is 53.8 Å². The van der Waals surface area contributed by atoms with E-state index in [1.54, 1.807) is 41.5 Å². The highest BCUT2D eigenvalue weighted by Crippen LogP contribution is 2.22. The average molecular weight is 413 g/mol. The van der Waals surface area contributed by atoms with E-state index in [2.05, 4.69) is 10.6 Å². The first-order valence-electron chi connectivity index (χ1n) is 7.74. The van der Waals surface area contributed by atoms with Gasteiger partial charge in [0, 0.05) is 18.1 Å². The first kappa shape index (κ1) is 24.1. The normalized spacial score (nSPS) is 12.9. The maximum absolute atomic E-state index is 11.7. The van der Waals surface area contributed by atoms with Gasteiger partial charge >= 0.3 is 12.2 Å². The largest absolute Gasteiger partial charge is 0.500 e. The van der Waals surface area contributed by atoms with E-state index in [0.717, 1.165) is 0 Å². The second kappa shape index (κ2) is 11.0. The number of hydrogen-bond acceptors (Lipinski definition) is 7. The van der Waals surface area contributed by atoms with Gasteiger partial charge in [-0.25, -0.2) is 9.59 Å². The molecule has 3 N–H and O–H groups in total. The third-order valence-electron chi connectivity index (χ3n) is 2.16. The van der Waals surface area contributed by atoms with E-state index in [1.807, 2.05) is 0 Å². The molecule has 0 saturated heterocycles. The van der Waals surface area contributed by atoms with Crippen molar-refractivity contribution >= 4 is 51.0 Å². The van der Waals surface area contributed by atoms with Crippen molar-refractivity contribution in [2.24, 2.45) is 0 Å². The van der Waals surface area contributed by atoms with Crippen molar-refractivity contribution in [3.8, 4) is 0 Å². The van der Waals surface area contributed by atoms with Gasteiger partial charge in [0.1, 0.15) is 17.2 Å². The lowest BCUT2D eigenvalue weighted by molar-refractivity contribution is 0.0512. The fourth-order valence-corrected chi connectivity index (χ4v) is 3.63. The van der Waals surface area contributed by atoms with Crippen molar-refractivity contribution in [3.05, 3.63) is 0 Å². The molecule has 2 amide bonds. The van der Waals surface area contributed by atoms with E-state index in [1.165, 1.54) is 21.6 Å². The number of ether oxygens (including phenoxy) is 2. The Bertz CT molecular complexity index is 461. The van der Waals surface area contributed by atoms with E-state index >= 15 is 0 Å². The molecule has 0 aliphatic rings. The minimum Gasteiger partial charge on any atom is -0.500 e. The number of thiocarbonyl (C=S) groups is 1. The first-order valence-corrected chi connectivity index (χ1v) is 10.6. The lowest BCUT2D eigenvalue weighted by Crippen LogP contribution is -2.44. The second-order valence-electron chi connectivity index (χ2n) is 7.07. The zero-order valence-corrected chi connectivity index (χ0v) is 18.0. The molecular weight excluding hydrogens is 384 g/mol. The smallest absolute Gasteiger partial charge is 0.408 e. The minimum absolute atomic E-state index is 0.300. The molecule has 146 valence electrons. The highest BCUT2D eigenvalue weighted by atomic mass is 33.1. The molecule has 1 atom stereocenters. The molecule has 0 radical (unpaired) electrons. The molecule has 0 heterocycles. The highest BCUT2D eigenvalue weighted by molar-refractivity contribution is 8.76. The van der Waals surface area contributed by atoms with Crippen LogP contribution in [0.3, 0.4) is 0 Å². The number of aliphatic hydroxyl groups is 1. The van der Waals surface area contributed by atoms with Gasteiger partial charge in [0.05, 0.1) is 0 Å². The number of carbonyl (C=O) groups excluding carboxylic acids is 2. The Hall–Kier alpha value is -0.870. The lowest BCUT2D eigenvalue weighted by Gasteiger charge is -2.22. The molecular formula is C15H28N2O5S3. The van der Waals surface area contributed by atoms with Crippen molar-refractivity contribution < 1.29 is 24.2 Å². The summed E-state index contributed by atoms with van der Waals surface area (Å²) >= 11 is 4.75. The maximum atomic E-state index is 11.7. The number of carbonyl (C=O) groups is 2. The Morgan fingerprint density at radius 2 is 1.56 bits per heavy atom. The van der Waals surface area contributed by atoms with E-state index < -0.39 is 29.4 Å². The van der Waals surface area contributed by atoms with Gasteiger partial charge in [-0.1, -0.05) is 21.6 Å². The molecule has 0 fully saturated rings. The topological polar surface area (TPSA) is 96.9 Å². The van der Waals surface area contributed by atoms with Crippen LogP contribution in [0.25, 0.3) is 0 Å². The summed E-state index contributed by atoms with van der Waals surface area (Å²) in [6, 6.07) is -0.679. The molecule has 0 aromatic carbocycles. The first-order chi connectivity index (χ1) is 11.3. The third kappa shape index (κ3) is 15.1. The zero-order valence-electron chi connectivity index (χ0n) is 15.5. The predicted molar refractivity (Wildman–Crippen MR) is 108 cm³/mol. The molecule has 0 aliphatic carbocycles. The number of aliphatic hydroxyl groups excluding tert-OH is 1. The number of alkyl carbamates (subject to hydrolysis) is 2. The standard InChI is InChI=1S/C15H28N2O5S3/c1-14(2,3)21-12(19)16-7-8-24-25-9-10(11(18)23)17-13(20)22-15(4,5)6/h10H,7-9H2,1-6H3,(H,16,19)(H,17,20)(H,18,23). The number of hydrogen-bond donors (Lipinski definition) is 3. The monoisotopic (exact) mass is 412 g/mol. The van der Waals surface area contributed by atoms with Crippen molar-refractivity contribution in [2.75, 3.05) is 18.1 Å². The maximum Gasteiger partial charge on any atom is 0.408 e. The van der Waals surface area contributed by atoms with Gasteiger partial charge in [-0.15, -0.1) is 0 Å². The molecule has 25 heavy (non-hydrogen) atoms. The zero-order chi connectivity index (χ0) is 19.7. The quantitative estimate of drug-likeness (QED) is 0.316. The summed E-state index contributed by atoms with van der Waals surface area (Å²) in [6.45, 7) is 11.1. The molecule has 1 unspecified atom stereocenters. The van der Waals surface area contributed by atoms with Gasteiger partial charge in [-0.3, -0.25) is 0 Å². The number of rotatable bonds is 8. The molecule has 0 rings (SSSR count). The Morgan fingerprint density at radius 1 is 1.04 bits per heavy atom. The van der Waals surface area contributed by atoms with Crippen LogP contribution in [0.1, 0.15) is 41.5 Å². The third-order valence-corrected chi connectivity index (χ3v) is 4.86.